The molecule has 1 aromatic carbocycles. The molecule has 1 atom stereocenters. The van der Waals surface area contributed by atoms with Gasteiger partial charge in [-0.15, -0.1) is 0 Å². The van der Waals surface area contributed by atoms with Gasteiger partial charge in [-0.2, -0.15) is 0 Å². The zero-order valence-corrected chi connectivity index (χ0v) is 11.5. The first kappa shape index (κ1) is 14.0. The zero-order chi connectivity index (χ0) is 13.7. The highest BCUT2D eigenvalue weighted by molar-refractivity contribution is 7.80. The summed E-state index contributed by atoms with van der Waals surface area (Å²) in [6, 6.07) is 7.22. The lowest BCUT2D eigenvalue weighted by molar-refractivity contribution is -0.116. The molecule has 2 rings (SSSR count). The van der Waals surface area contributed by atoms with Crippen LogP contribution in [0.4, 0.5) is 5.69 Å². The molecule has 19 heavy (non-hydrogen) atoms. The second-order valence-corrected chi connectivity index (χ2v) is 5.10. The summed E-state index contributed by atoms with van der Waals surface area (Å²) in [5.41, 5.74) is 7.07. The van der Waals surface area contributed by atoms with E-state index in [9.17, 15) is 4.79 Å². The van der Waals surface area contributed by atoms with E-state index in [4.69, 9.17) is 22.7 Å². The predicted molar refractivity (Wildman–Crippen MR) is 79.2 cm³/mol. The number of carbonyl (C=O) groups excluding carboxylic acids is 1. The van der Waals surface area contributed by atoms with Crippen LogP contribution in [-0.4, -0.2) is 23.6 Å². The van der Waals surface area contributed by atoms with Crippen LogP contribution in [0.15, 0.2) is 24.3 Å². The van der Waals surface area contributed by atoms with Crippen LogP contribution in [0.5, 0.6) is 0 Å². The Morgan fingerprint density at radius 1 is 1.42 bits per heavy atom. The third-order valence-electron chi connectivity index (χ3n) is 3.17. The first-order valence-corrected chi connectivity index (χ1v) is 6.87. The van der Waals surface area contributed by atoms with Gasteiger partial charge in [0.05, 0.1) is 6.10 Å². The Morgan fingerprint density at radius 3 is 2.74 bits per heavy atom. The molecule has 3 N–H and O–H groups in total. The Morgan fingerprint density at radius 2 is 2.16 bits per heavy atom. The van der Waals surface area contributed by atoms with Crippen molar-refractivity contribution in [2.45, 2.75) is 31.8 Å². The van der Waals surface area contributed by atoms with Crippen LogP contribution in [0.2, 0.25) is 0 Å². The quantitative estimate of drug-likeness (QED) is 0.811. The lowest BCUT2D eigenvalue weighted by Gasteiger charge is -2.09. The highest BCUT2D eigenvalue weighted by Crippen LogP contribution is 2.17. The number of carbonyl (C=O) groups is 1. The van der Waals surface area contributed by atoms with Crippen LogP contribution in [0.1, 0.15) is 31.2 Å². The van der Waals surface area contributed by atoms with E-state index in [-0.39, 0.29) is 12.0 Å². The normalized spacial score (nSPS) is 18.2. The molecule has 0 saturated carbocycles. The van der Waals surface area contributed by atoms with Crippen molar-refractivity contribution in [2.75, 3.05) is 11.9 Å². The number of ether oxygens (including phenoxy) is 1. The fourth-order valence-corrected chi connectivity index (χ4v) is 2.24. The minimum Gasteiger partial charge on any atom is -0.389 e. The fourth-order valence-electron chi connectivity index (χ4n) is 2.11. The van der Waals surface area contributed by atoms with Crippen LogP contribution in [0.25, 0.3) is 0 Å². The van der Waals surface area contributed by atoms with E-state index >= 15 is 0 Å². The molecule has 4 nitrogen and oxygen atoms in total. The van der Waals surface area contributed by atoms with E-state index in [0.29, 0.717) is 11.4 Å². The average molecular weight is 278 g/mol. The average Bonchev–Trinajstić information content (AvgIpc) is 2.90. The number of anilines is 1. The Bertz CT molecular complexity index is 453. The summed E-state index contributed by atoms with van der Waals surface area (Å²) in [7, 11) is 0. The first-order valence-electron chi connectivity index (χ1n) is 6.46. The van der Waals surface area contributed by atoms with Gasteiger partial charge in [0, 0.05) is 24.3 Å². The summed E-state index contributed by atoms with van der Waals surface area (Å²) in [6.07, 6.45) is 3.70. The smallest absolute Gasteiger partial charge is 0.224 e. The molecule has 1 fully saturated rings. The van der Waals surface area contributed by atoms with E-state index < -0.39 is 0 Å². The van der Waals surface area contributed by atoms with Gasteiger partial charge in [0.25, 0.3) is 0 Å². The molecule has 0 radical (unpaired) electrons. The van der Waals surface area contributed by atoms with Crippen molar-refractivity contribution < 1.29 is 9.53 Å². The van der Waals surface area contributed by atoms with Gasteiger partial charge in [-0.3, -0.25) is 4.79 Å². The van der Waals surface area contributed by atoms with Crippen LogP contribution in [0.3, 0.4) is 0 Å². The molecule has 1 saturated heterocycles. The van der Waals surface area contributed by atoms with Crippen molar-refractivity contribution in [2.24, 2.45) is 5.73 Å². The molecule has 102 valence electrons. The number of amides is 1. The fraction of sp³-hybridized carbons (Fsp3) is 0.429. The van der Waals surface area contributed by atoms with E-state index in [0.717, 1.165) is 37.1 Å². The van der Waals surface area contributed by atoms with Crippen molar-refractivity contribution in [1.29, 1.82) is 0 Å². The highest BCUT2D eigenvalue weighted by Gasteiger charge is 2.16. The maximum absolute atomic E-state index is 11.8. The van der Waals surface area contributed by atoms with Crippen LogP contribution in [-0.2, 0) is 9.53 Å². The van der Waals surface area contributed by atoms with E-state index in [1.165, 1.54) is 0 Å². The molecular weight excluding hydrogens is 260 g/mol. The zero-order valence-electron chi connectivity index (χ0n) is 10.7. The Labute approximate surface area is 118 Å². The molecule has 0 bridgehead atoms. The summed E-state index contributed by atoms with van der Waals surface area (Å²) in [5.74, 6) is 0.0126. The van der Waals surface area contributed by atoms with Crippen molar-refractivity contribution in [3.8, 4) is 0 Å². The highest BCUT2D eigenvalue weighted by atomic mass is 32.1. The number of hydrogen-bond donors (Lipinski definition) is 2. The maximum Gasteiger partial charge on any atom is 0.224 e. The molecule has 0 aromatic heterocycles. The van der Waals surface area contributed by atoms with Gasteiger partial charge in [0.1, 0.15) is 4.99 Å². The first-order chi connectivity index (χ1) is 9.15. The van der Waals surface area contributed by atoms with Crippen LogP contribution < -0.4 is 11.1 Å². The molecule has 1 aliphatic heterocycles. The van der Waals surface area contributed by atoms with Gasteiger partial charge in [-0.25, -0.2) is 0 Å². The van der Waals surface area contributed by atoms with Gasteiger partial charge in [-0.05, 0) is 43.5 Å². The number of hydrogen-bond acceptors (Lipinski definition) is 3. The molecule has 1 aliphatic rings. The predicted octanol–water partition coefficient (Wildman–Crippen LogP) is 2.22. The second-order valence-electron chi connectivity index (χ2n) is 4.66. The van der Waals surface area contributed by atoms with Crippen molar-refractivity contribution in [3.05, 3.63) is 29.8 Å². The molecule has 1 heterocycles. The van der Waals surface area contributed by atoms with E-state index in [1.54, 1.807) is 24.3 Å². The van der Waals surface area contributed by atoms with Crippen LogP contribution in [0, 0.1) is 0 Å². The number of benzene rings is 1. The number of thiocarbonyl (C=S) groups is 1. The number of nitrogens with one attached hydrogen (secondary N) is 1. The Balaban J connectivity index is 1.79. The molecule has 1 aromatic rings. The Kier molecular flexibility index (Phi) is 4.87. The van der Waals surface area contributed by atoms with Crippen molar-refractivity contribution in [1.82, 2.24) is 0 Å². The van der Waals surface area contributed by atoms with Crippen molar-refractivity contribution in [3.63, 3.8) is 0 Å². The van der Waals surface area contributed by atoms with Gasteiger partial charge in [0.2, 0.25) is 5.91 Å². The standard InChI is InChI=1S/C14H18N2O2S/c15-14(19)10-3-5-11(6-4-10)16-13(17)8-7-12-2-1-9-18-12/h3-6,12H,1-2,7-9H2,(H2,15,19)(H,16,17). The molecular formula is C14H18N2O2S. The largest absolute Gasteiger partial charge is 0.389 e. The summed E-state index contributed by atoms with van der Waals surface area (Å²) < 4.78 is 5.49. The minimum atomic E-state index is 0.0126. The van der Waals surface area contributed by atoms with Crippen molar-refractivity contribution >= 4 is 28.8 Å². The lowest BCUT2D eigenvalue weighted by Crippen LogP contribution is -2.15. The van der Waals surface area contributed by atoms with Gasteiger partial charge < -0.3 is 15.8 Å². The third kappa shape index (κ3) is 4.29. The second kappa shape index (κ2) is 6.63. The summed E-state index contributed by atoms with van der Waals surface area (Å²) in [4.78, 5) is 12.1. The molecule has 0 spiro atoms. The van der Waals surface area contributed by atoms with E-state index in [2.05, 4.69) is 5.32 Å². The number of rotatable bonds is 5. The monoisotopic (exact) mass is 278 g/mol. The van der Waals surface area contributed by atoms with E-state index in [1.807, 2.05) is 0 Å². The SMILES string of the molecule is NC(=S)c1ccc(NC(=O)CCC2CCCO2)cc1. The minimum absolute atomic E-state index is 0.0126. The summed E-state index contributed by atoms with van der Waals surface area (Å²) in [6.45, 7) is 0.826. The summed E-state index contributed by atoms with van der Waals surface area (Å²) in [5, 5.41) is 2.85. The van der Waals surface area contributed by atoms with Gasteiger partial charge in [-0.1, -0.05) is 12.2 Å². The van der Waals surface area contributed by atoms with Crippen LogP contribution >= 0.6 is 12.2 Å². The molecule has 0 aliphatic carbocycles. The number of nitrogens with two attached hydrogens (primary N) is 1. The van der Waals surface area contributed by atoms with Gasteiger partial charge in [0.15, 0.2) is 0 Å². The molecule has 1 unspecified atom stereocenters. The topological polar surface area (TPSA) is 64.3 Å². The molecule has 5 heteroatoms. The van der Waals surface area contributed by atoms with Gasteiger partial charge >= 0.3 is 0 Å². The summed E-state index contributed by atoms with van der Waals surface area (Å²) >= 11 is 4.87. The molecule has 1 amide bonds. The maximum atomic E-state index is 11.8. The lowest BCUT2D eigenvalue weighted by atomic mass is 10.1. The Hall–Kier alpha value is -1.46. The third-order valence-corrected chi connectivity index (χ3v) is 3.41.